The van der Waals surface area contributed by atoms with Gasteiger partial charge in [0.1, 0.15) is 0 Å². The molecule has 0 saturated heterocycles. The first kappa shape index (κ1) is 21.6. The number of para-hydroxylation sites is 1. The molecule has 0 aliphatic rings. The lowest BCUT2D eigenvalue weighted by atomic mass is 10.0. The Hall–Kier alpha value is -2.67. The van der Waals surface area contributed by atoms with Gasteiger partial charge in [-0.05, 0) is 41.7 Å². The predicted molar refractivity (Wildman–Crippen MR) is 109 cm³/mol. The molecule has 0 bridgehead atoms. The summed E-state index contributed by atoms with van der Waals surface area (Å²) in [5, 5.41) is 2.83. The highest BCUT2D eigenvalue weighted by molar-refractivity contribution is 7.89. The van der Waals surface area contributed by atoms with E-state index in [1.165, 1.54) is 12.1 Å². The van der Waals surface area contributed by atoms with E-state index in [9.17, 15) is 18.0 Å². The molecule has 0 spiro atoms. The summed E-state index contributed by atoms with van der Waals surface area (Å²) in [6.45, 7) is 3.60. The van der Waals surface area contributed by atoms with E-state index < -0.39 is 28.3 Å². The third-order valence-corrected chi connectivity index (χ3v) is 5.05. The summed E-state index contributed by atoms with van der Waals surface area (Å²) in [4.78, 5) is 24.5. The highest BCUT2D eigenvalue weighted by atomic mass is 32.2. The van der Waals surface area contributed by atoms with Crippen LogP contribution in [-0.2, 0) is 38.0 Å². The van der Waals surface area contributed by atoms with Gasteiger partial charge in [-0.25, -0.2) is 13.2 Å². The number of carbonyl (C=O) groups excluding carboxylic acids is 2. The quantitative estimate of drug-likeness (QED) is 0.684. The van der Waals surface area contributed by atoms with Crippen LogP contribution in [0, 0.1) is 0 Å². The van der Waals surface area contributed by atoms with Gasteiger partial charge in [0.05, 0.1) is 11.3 Å². The van der Waals surface area contributed by atoms with Crippen molar-refractivity contribution in [2.75, 3.05) is 18.2 Å². The minimum atomic E-state index is -3.21. The molecule has 6 nitrogen and oxygen atoms in total. The highest BCUT2D eigenvalue weighted by Gasteiger charge is 2.14. The van der Waals surface area contributed by atoms with Gasteiger partial charge < -0.3 is 10.1 Å². The molecule has 0 atom stereocenters. The SMILES string of the molecule is CCc1cccc(CC)c1NC(=O)COC(=O)c1cccc(CS(C)(=O)=O)c1. The molecule has 0 aliphatic heterocycles. The number of hydrogen-bond donors (Lipinski definition) is 1. The maximum Gasteiger partial charge on any atom is 0.338 e. The van der Waals surface area contributed by atoms with Gasteiger partial charge in [-0.1, -0.05) is 44.2 Å². The van der Waals surface area contributed by atoms with Crippen molar-refractivity contribution in [3.8, 4) is 0 Å². The topological polar surface area (TPSA) is 89.5 Å². The monoisotopic (exact) mass is 403 g/mol. The molecule has 2 aromatic carbocycles. The number of nitrogens with one attached hydrogen (secondary N) is 1. The molecule has 0 aliphatic carbocycles. The van der Waals surface area contributed by atoms with Gasteiger partial charge in [0.15, 0.2) is 16.4 Å². The van der Waals surface area contributed by atoms with E-state index >= 15 is 0 Å². The van der Waals surface area contributed by atoms with Crippen LogP contribution in [0.1, 0.15) is 40.9 Å². The Balaban J connectivity index is 2.02. The lowest BCUT2D eigenvalue weighted by Crippen LogP contribution is -2.22. The van der Waals surface area contributed by atoms with Crippen LogP contribution >= 0.6 is 0 Å². The summed E-state index contributed by atoms with van der Waals surface area (Å²) < 4.78 is 27.9. The van der Waals surface area contributed by atoms with E-state index in [2.05, 4.69) is 5.32 Å². The van der Waals surface area contributed by atoms with Crippen molar-refractivity contribution in [1.82, 2.24) is 0 Å². The molecular weight excluding hydrogens is 378 g/mol. The number of amides is 1. The minimum Gasteiger partial charge on any atom is -0.452 e. The van der Waals surface area contributed by atoms with Crippen LogP contribution in [0.2, 0.25) is 0 Å². The minimum absolute atomic E-state index is 0.164. The molecule has 7 heteroatoms. The summed E-state index contributed by atoms with van der Waals surface area (Å²) in [5.41, 5.74) is 3.51. The Labute approximate surface area is 165 Å². The van der Waals surface area contributed by atoms with E-state index in [4.69, 9.17) is 4.74 Å². The predicted octanol–water partition coefficient (Wildman–Crippen LogP) is 3.15. The normalized spacial score (nSPS) is 11.1. The third kappa shape index (κ3) is 6.20. The highest BCUT2D eigenvalue weighted by Crippen LogP contribution is 2.22. The van der Waals surface area contributed by atoms with Crippen molar-refractivity contribution >= 4 is 27.4 Å². The second kappa shape index (κ2) is 9.50. The van der Waals surface area contributed by atoms with Crippen LogP contribution in [0.3, 0.4) is 0 Å². The van der Waals surface area contributed by atoms with Gasteiger partial charge >= 0.3 is 5.97 Å². The first-order valence-corrected chi connectivity index (χ1v) is 11.1. The first-order chi connectivity index (χ1) is 13.2. The summed E-state index contributed by atoms with van der Waals surface area (Å²) in [6.07, 6.45) is 2.67. The second-order valence-electron chi connectivity index (χ2n) is 6.55. The van der Waals surface area contributed by atoms with Crippen LogP contribution in [0.4, 0.5) is 5.69 Å². The summed E-state index contributed by atoms with van der Waals surface area (Å²) in [6, 6.07) is 12.1. The van der Waals surface area contributed by atoms with Crippen LogP contribution in [0.25, 0.3) is 0 Å². The maximum absolute atomic E-state index is 12.3. The molecule has 0 aromatic heterocycles. The number of carbonyl (C=O) groups is 2. The van der Waals surface area contributed by atoms with Gasteiger partial charge in [-0.2, -0.15) is 0 Å². The van der Waals surface area contributed by atoms with Crippen LogP contribution in [0.5, 0.6) is 0 Å². The van der Waals surface area contributed by atoms with Crippen LogP contribution in [0.15, 0.2) is 42.5 Å². The third-order valence-electron chi connectivity index (χ3n) is 4.19. The number of sulfone groups is 1. The van der Waals surface area contributed by atoms with E-state index in [0.29, 0.717) is 5.56 Å². The fourth-order valence-electron chi connectivity index (χ4n) is 2.88. The maximum atomic E-state index is 12.3. The van der Waals surface area contributed by atoms with E-state index in [1.54, 1.807) is 12.1 Å². The number of anilines is 1. The fourth-order valence-corrected chi connectivity index (χ4v) is 3.67. The molecule has 1 N–H and O–H groups in total. The number of aryl methyl sites for hydroxylation is 2. The first-order valence-electron chi connectivity index (χ1n) is 9.08. The average molecular weight is 404 g/mol. The molecular formula is C21H25NO5S. The number of rotatable bonds is 8. The molecule has 150 valence electrons. The Morgan fingerprint density at radius 1 is 1.00 bits per heavy atom. The van der Waals surface area contributed by atoms with Crippen LogP contribution < -0.4 is 5.32 Å². The standard InChI is InChI=1S/C21H25NO5S/c1-4-16-9-7-10-17(5-2)20(16)22-19(23)13-27-21(24)18-11-6-8-15(12-18)14-28(3,25)26/h6-12H,4-5,13-14H2,1-3H3,(H,22,23). The zero-order valence-electron chi connectivity index (χ0n) is 16.3. The smallest absolute Gasteiger partial charge is 0.338 e. The van der Waals surface area contributed by atoms with Crippen molar-refractivity contribution in [3.05, 3.63) is 64.7 Å². The lowest BCUT2D eigenvalue weighted by Gasteiger charge is -2.14. The fraction of sp³-hybridized carbons (Fsp3) is 0.333. The van der Waals surface area contributed by atoms with E-state index in [1.807, 2.05) is 32.0 Å². The molecule has 0 heterocycles. The summed E-state index contributed by atoms with van der Waals surface area (Å²) in [7, 11) is -3.21. The summed E-state index contributed by atoms with van der Waals surface area (Å²) >= 11 is 0. The van der Waals surface area contributed by atoms with Crippen molar-refractivity contribution in [2.45, 2.75) is 32.4 Å². The molecule has 0 radical (unpaired) electrons. The van der Waals surface area contributed by atoms with Crippen molar-refractivity contribution in [2.24, 2.45) is 0 Å². The van der Waals surface area contributed by atoms with E-state index in [-0.39, 0.29) is 11.3 Å². The average Bonchev–Trinajstić information content (AvgIpc) is 2.65. The van der Waals surface area contributed by atoms with Crippen molar-refractivity contribution < 1.29 is 22.7 Å². The second-order valence-corrected chi connectivity index (χ2v) is 8.69. The van der Waals surface area contributed by atoms with Gasteiger partial charge in [0.2, 0.25) is 0 Å². The lowest BCUT2D eigenvalue weighted by molar-refractivity contribution is -0.119. The zero-order valence-corrected chi connectivity index (χ0v) is 17.1. The Morgan fingerprint density at radius 3 is 2.18 bits per heavy atom. The molecule has 1 amide bonds. The Bertz CT molecular complexity index is 944. The molecule has 2 rings (SSSR count). The van der Waals surface area contributed by atoms with Gasteiger partial charge in [0.25, 0.3) is 5.91 Å². The molecule has 0 fully saturated rings. The van der Waals surface area contributed by atoms with Gasteiger partial charge in [0, 0.05) is 11.9 Å². The number of hydrogen-bond acceptors (Lipinski definition) is 5. The number of benzene rings is 2. The Kier molecular flexibility index (Phi) is 7.34. The summed E-state index contributed by atoms with van der Waals surface area (Å²) in [5.74, 6) is -1.26. The van der Waals surface area contributed by atoms with Crippen molar-refractivity contribution in [1.29, 1.82) is 0 Å². The van der Waals surface area contributed by atoms with E-state index in [0.717, 1.165) is 35.9 Å². The van der Waals surface area contributed by atoms with Crippen LogP contribution in [-0.4, -0.2) is 33.2 Å². The largest absolute Gasteiger partial charge is 0.452 e. The van der Waals surface area contributed by atoms with Gasteiger partial charge in [-0.3, -0.25) is 4.79 Å². The molecule has 28 heavy (non-hydrogen) atoms. The molecule has 0 unspecified atom stereocenters. The number of ether oxygens (including phenoxy) is 1. The van der Waals surface area contributed by atoms with Gasteiger partial charge in [-0.15, -0.1) is 0 Å². The Morgan fingerprint density at radius 2 is 1.61 bits per heavy atom. The molecule has 0 saturated carbocycles. The zero-order chi connectivity index (χ0) is 20.7. The number of esters is 1. The van der Waals surface area contributed by atoms with Crippen molar-refractivity contribution in [3.63, 3.8) is 0 Å². The molecule has 2 aromatic rings.